The Kier molecular flexibility index (Phi) is 4.88. The maximum Gasteiger partial charge on any atom is 0.344 e. The summed E-state index contributed by atoms with van der Waals surface area (Å²) in [7, 11) is 0. The van der Waals surface area contributed by atoms with E-state index >= 15 is 0 Å². The van der Waals surface area contributed by atoms with Crippen LogP contribution in [-0.2, 0) is 6.61 Å². The third-order valence-corrected chi connectivity index (χ3v) is 4.84. The predicted octanol–water partition coefficient (Wildman–Crippen LogP) is 6.14. The van der Waals surface area contributed by atoms with Gasteiger partial charge in [0, 0.05) is 16.5 Å². The number of ether oxygens (including phenoxy) is 1. The molecule has 0 fully saturated rings. The maximum atomic E-state index is 13.0. The van der Waals surface area contributed by atoms with Gasteiger partial charge in [0.15, 0.2) is 0 Å². The molecule has 0 aliphatic heterocycles. The number of benzene rings is 3. The molecule has 0 amide bonds. The van der Waals surface area contributed by atoms with Gasteiger partial charge in [-0.1, -0.05) is 35.9 Å². The molecule has 0 aliphatic rings. The number of hydrogen-bond acceptors (Lipinski definition) is 3. The molecule has 4 rings (SSSR count). The highest BCUT2D eigenvalue weighted by Gasteiger charge is 2.14. The SMILES string of the molecule is Cc1c(-c2ccc(Cl)cc2)c(=O)oc2cc(OCc3ccc(F)cc3)ccc12. The first-order valence-electron chi connectivity index (χ1n) is 8.72. The van der Waals surface area contributed by atoms with Gasteiger partial charge in [0.05, 0.1) is 5.56 Å². The second kappa shape index (κ2) is 7.49. The third kappa shape index (κ3) is 3.64. The van der Waals surface area contributed by atoms with E-state index in [0.29, 0.717) is 21.9 Å². The van der Waals surface area contributed by atoms with Gasteiger partial charge in [-0.05, 0) is 60.0 Å². The molecular weight excluding hydrogens is 379 g/mol. The largest absolute Gasteiger partial charge is 0.489 e. The first-order chi connectivity index (χ1) is 13.5. The lowest BCUT2D eigenvalue weighted by Gasteiger charge is -2.10. The summed E-state index contributed by atoms with van der Waals surface area (Å²) in [5.41, 5.74) is 2.99. The standard InChI is InChI=1S/C23H16ClFO3/c1-14-20-11-10-19(27-13-15-2-8-18(25)9-3-15)12-21(20)28-23(26)22(14)16-4-6-17(24)7-5-16/h2-12H,13H2,1H3. The Balaban J connectivity index is 1.67. The van der Waals surface area contributed by atoms with Gasteiger partial charge in [-0.2, -0.15) is 0 Å². The zero-order valence-corrected chi connectivity index (χ0v) is 15.8. The lowest BCUT2D eigenvalue weighted by atomic mass is 10.00. The zero-order chi connectivity index (χ0) is 19.7. The Labute approximate surface area is 166 Å². The smallest absolute Gasteiger partial charge is 0.344 e. The van der Waals surface area contributed by atoms with Crippen LogP contribution >= 0.6 is 11.6 Å². The molecule has 0 unspecified atom stereocenters. The number of fused-ring (bicyclic) bond motifs is 1. The van der Waals surface area contributed by atoms with Crippen molar-refractivity contribution >= 4 is 22.6 Å². The minimum atomic E-state index is -0.414. The van der Waals surface area contributed by atoms with Gasteiger partial charge in [0.2, 0.25) is 0 Å². The van der Waals surface area contributed by atoms with Crippen LogP contribution in [-0.4, -0.2) is 0 Å². The van der Waals surface area contributed by atoms with Gasteiger partial charge < -0.3 is 9.15 Å². The van der Waals surface area contributed by atoms with Crippen LogP contribution in [0.25, 0.3) is 22.1 Å². The van der Waals surface area contributed by atoms with E-state index in [4.69, 9.17) is 20.8 Å². The molecule has 1 heterocycles. The fourth-order valence-corrected chi connectivity index (χ4v) is 3.25. The number of hydrogen-bond donors (Lipinski definition) is 0. The molecule has 140 valence electrons. The van der Waals surface area contributed by atoms with Crippen molar-refractivity contribution in [2.75, 3.05) is 0 Å². The van der Waals surface area contributed by atoms with Crippen molar-refractivity contribution in [2.24, 2.45) is 0 Å². The third-order valence-electron chi connectivity index (χ3n) is 4.59. The van der Waals surface area contributed by atoms with Gasteiger partial charge in [0.25, 0.3) is 0 Å². The van der Waals surface area contributed by atoms with Crippen LogP contribution < -0.4 is 10.4 Å². The fraction of sp³-hybridized carbons (Fsp3) is 0.0870. The molecule has 0 saturated heterocycles. The molecule has 4 aromatic rings. The molecule has 28 heavy (non-hydrogen) atoms. The van der Waals surface area contributed by atoms with Gasteiger partial charge in [0.1, 0.15) is 23.8 Å². The summed E-state index contributed by atoms with van der Waals surface area (Å²) in [6.07, 6.45) is 0. The molecular formula is C23H16ClFO3. The monoisotopic (exact) mass is 394 g/mol. The number of rotatable bonds is 4. The van der Waals surface area contributed by atoms with Gasteiger partial charge in [-0.3, -0.25) is 0 Å². The average Bonchev–Trinajstić information content (AvgIpc) is 2.69. The van der Waals surface area contributed by atoms with Gasteiger partial charge >= 0.3 is 5.63 Å². The lowest BCUT2D eigenvalue weighted by molar-refractivity contribution is 0.306. The second-order valence-electron chi connectivity index (χ2n) is 6.47. The Morgan fingerprint density at radius 1 is 1.00 bits per heavy atom. The van der Waals surface area contributed by atoms with Gasteiger partial charge in [-0.15, -0.1) is 0 Å². The van der Waals surface area contributed by atoms with E-state index in [0.717, 1.165) is 22.1 Å². The van der Waals surface area contributed by atoms with Crippen molar-refractivity contribution < 1.29 is 13.5 Å². The molecule has 0 N–H and O–H groups in total. The molecule has 1 aromatic heterocycles. The van der Waals surface area contributed by atoms with Crippen molar-refractivity contribution in [1.82, 2.24) is 0 Å². The van der Waals surface area contributed by atoms with Crippen molar-refractivity contribution in [2.45, 2.75) is 13.5 Å². The van der Waals surface area contributed by atoms with Crippen LogP contribution in [0.3, 0.4) is 0 Å². The van der Waals surface area contributed by atoms with E-state index in [1.807, 2.05) is 19.1 Å². The molecule has 0 saturated carbocycles. The number of aryl methyl sites for hydroxylation is 1. The van der Waals surface area contributed by atoms with Crippen molar-refractivity contribution in [3.63, 3.8) is 0 Å². The van der Waals surface area contributed by atoms with Gasteiger partial charge in [-0.25, -0.2) is 9.18 Å². The lowest BCUT2D eigenvalue weighted by Crippen LogP contribution is -2.06. The minimum absolute atomic E-state index is 0.289. The van der Waals surface area contributed by atoms with E-state index in [1.165, 1.54) is 12.1 Å². The van der Waals surface area contributed by atoms with E-state index in [9.17, 15) is 9.18 Å². The highest BCUT2D eigenvalue weighted by Crippen LogP contribution is 2.29. The van der Waals surface area contributed by atoms with Crippen molar-refractivity contribution in [3.8, 4) is 16.9 Å². The molecule has 0 atom stereocenters. The summed E-state index contributed by atoms with van der Waals surface area (Å²) >= 11 is 5.94. The Hall–Kier alpha value is -3.11. The number of halogens is 2. The fourth-order valence-electron chi connectivity index (χ4n) is 3.12. The summed E-state index contributed by atoms with van der Waals surface area (Å²) in [6, 6.07) is 18.6. The summed E-state index contributed by atoms with van der Waals surface area (Å²) < 4.78 is 24.3. The zero-order valence-electron chi connectivity index (χ0n) is 15.0. The van der Waals surface area contributed by atoms with Crippen LogP contribution in [0.4, 0.5) is 4.39 Å². The van der Waals surface area contributed by atoms with E-state index in [2.05, 4.69) is 0 Å². The molecule has 0 radical (unpaired) electrons. The summed E-state index contributed by atoms with van der Waals surface area (Å²) in [4.78, 5) is 12.6. The molecule has 0 aliphatic carbocycles. The normalized spacial score (nSPS) is 11.0. The van der Waals surface area contributed by atoms with Crippen LogP contribution in [0.5, 0.6) is 5.75 Å². The molecule has 0 spiro atoms. The minimum Gasteiger partial charge on any atom is -0.489 e. The average molecular weight is 395 g/mol. The Morgan fingerprint density at radius 3 is 2.43 bits per heavy atom. The summed E-state index contributed by atoms with van der Waals surface area (Å²) in [5.74, 6) is 0.279. The predicted molar refractivity (Wildman–Crippen MR) is 108 cm³/mol. The molecule has 5 heteroatoms. The van der Waals surface area contributed by atoms with Crippen LogP contribution in [0.1, 0.15) is 11.1 Å². The first kappa shape index (κ1) is 18.3. The quantitative estimate of drug-likeness (QED) is 0.390. The van der Waals surface area contributed by atoms with Crippen molar-refractivity contribution in [3.05, 3.63) is 99.1 Å². The topological polar surface area (TPSA) is 39.4 Å². The summed E-state index contributed by atoms with van der Waals surface area (Å²) in [5, 5.41) is 1.44. The maximum absolute atomic E-state index is 13.0. The van der Waals surface area contributed by atoms with E-state index < -0.39 is 5.63 Å². The van der Waals surface area contributed by atoms with Crippen LogP contribution in [0.15, 0.2) is 75.9 Å². The van der Waals surface area contributed by atoms with E-state index in [-0.39, 0.29) is 12.4 Å². The Bertz CT molecular complexity index is 1200. The summed E-state index contributed by atoms with van der Waals surface area (Å²) in [6.45, 7) is 2.18. The van der Waals surface area contributed by atoms with Crippen LogP contribution in [0.2, 0.25) is 5.02 Å². The highest BCUT2D eigenvalue weighted by molar-refractivity contribution is 6.30. The molecule has 3 nitrogen and oxygen atoms in total. The van der Waals surface area contributed by atoms with Crippen LogP contribution in [0, 0.1) is 12.7 Å². The second-order valence-corrected chi connectivity index (χ2v) is 6.91. The highest BCUT2D eigenvalue weighted by atomic mass is 35.5. The molecule has 3 aromatic carbocycles. The van der Waals surface area contributed by atoms with Crippen molar-refractivity contribution in [1.29, 1.82) is 0 Å². The molecule has 0 bridgehead atoms. The van der Waals surface area contributed by atoms with E-state index in [1.54, 1.807) is 42.5 Å². The first-order valence-corrected chi connectivity index (χ1v) is 9.10. The Morgan fingerprint density at radius 2 is 1.71 bits per heavy atom.